The molecule has 0 bridgehead atoms. The van der Waals surface area contributed by atoms with Crippen molar-refractivity contribution in [3.05, 3.63) is 17.0 Å². The first-order valence-corrected chi connectivity index (χ1v) is 7.53. The Labute approximate surface area is 127 Å². The maximum atomic E-state index is 12.8. The third kappa shape index (κ3) is 4.22. The predicted molar refractivity (Wildman–Crippen MR) is 76.5 cm³/mol. The molecule has 0 saturated heterocycles. The van der Waals surface area contributed by atoms with Crippen LogP contribution in [0.25, 0.3) is 0 Å². The number of anilines is 1. The highest BCUT2D eigenvalue weighted by atomic mass is 35.5. The largest absolute Gasteiger partial charge is 0.451 e. The van der Waals surface area contributed by atoms with Crippen LogP contribution >= 0.6 is 11.6 Å². The molecule has 0 N–H and O–H groups in total. The molecule has 21 heavy (non-hydrogen) atoms. The van der Waals surface area contributed by atoms with Crippen molar-refractivity contribution in [1.82, 2.24) is 9.97 Å². The monoisotopic (exact) mass is 321 g/mol. The lowest BCUT2D eigenvalue weighted by molar-refractivity contribution is -0.144. The minimum atomic E-state index is -4.58. The van der Waals surface area contributed by atoms with Crippen molar-refractivity contribution in [2.24, 2.45) is 5.92 Å². The molecule has 3 nitrogen and oxygen atoms in total. The highest BCUT2D eigenvalue weighted by Gasteiger charge is 2.36. The van der Waals surface area contributed by atoms with Crippen molar-refractivity contribution in [3.63, 3.8) is 0 Å². The molecule has 0 unspecified atom stereocenters. The van der Waals surface area contributed by atoms with Gasteiger partial charge in [-0.3, -0.25) is 0 Å². The van der Waals surface area contributed by atoms with Crippen LogP contribution in [0.15, 0.2) is 6.07 Å². The fourth-order valence-electron chi connectivity index (χ4n) is 2.72. The van der Waals surface area contributed by atoms with Gasteiger partial charge in [0.25, 0.3) is 0 Å². The van der Waals surface area contributed by atoms with E-state index in [1.54, 1.807) is 0 Å². The summed E-state index contributed by atoms with van der Waals surface area (Å²) in [5.74, 6) is -0.562. The number of nitrogens with zero attached hydrogens (tertiary/aromatic N) is 3. The smallest absolute Gasteiger partial charge is 0.353 e. The maximum absolute atomic E-state index is 12.8. The second-order valence-corrected chi connectivity index (χ2v) is 6.24. The molecular weight excluding hydrogens is 303 g/mol. The van der Waals surface area contributed by atoms with Crippen LogP contribution in [0.1, 0.15) is 45.4 Å². The molecule has 1 aliphatic rings. The van der Waals surface area contributed by atoms with Crippen LogP contribution in [0.3, 0.4) is 0 Å². The van der Waals surface area contributed by atoms with E-state index < -0.39 is 12.0 Å². The Morgan fingerprint density at radius 1 is 1.29 bits per heavy atom. The minimum absolute atomic E-state index is 0.168. The van der Waals surface area contributed by atoms with E-state index in [2.05, 4.69) is 9.97 Å². The van der Waals surface area contributed by atoms with Crippen LogP contribution in [-0.2, 0) is 6.18 Å². The summed E-state index contributed by atoms with van der Waals surface area (Å²) in [6.07, 6.45) is -0.418. The van der Waals surface area contributed by atoms with Crippen molar-refractivity contribution < 1.29 is 13.2 Å². The summed E-state index contributed by atoms with van der Waals surface area (Å²) in [5.41, 5.74) is 0. The number of aromatic nitrogens is 2. The Hall–Kier alpha value is -1.04. The first-order valence-electron chi connectivity index (χ1n) is 7.16. The van der Waals surface area contributed by atoms with Crippen LogP contribution in [-0.4, -0.2) is 22.6 Å². The van der Waals surface area contributed by atoms with Gasteiger partial charge in [0.05, 0.1) is 0 Å². The third-order valence-electron chi connectivity index (χ3n) is 3.56. The second-order valence-electron chi connectivity index (χ2n) is 5.85. The second kappa shape index (κ2) is 6.38. The van der Waals surface area contributed by atoms with Gasteiger partial charge in [0.2, 0.25) is 5.82 Å². The van der Waals surface area contributed by atoms with Gasteiger partial charge in [0.15, 0.2) is 0 Å². The molecule has 1 aromatic rings. The first kappa shape index (κ1) is 16.3. The number of hydrogen-bond donors (Lipinski definition) is 0. The van der Waals surface area contributed by atoms with Crippen molar-refractivity contribution in [2.75, 3.05) is 11.4 Å². The van der Waals surface area contributed by atoms with E-state index in [4.69, 9.17) is 11.6 Å². The molecule has 7 heteroatoms. The van der Waals surface area contributed by atoms with E-state index in [0.717, 1.165) is 25.7 Å². The highest BCUT2D eigenvalue weighted by Crippen LogP contribution is 2.32. The quantitative estimate of drug-likeness (QED) is 0.762. The maximum Gasteiger partial charge on any atom is 0.451 e. The highest BCUT2D eigenvalue weighted by molar-refractivity contribution is 6.29. The number of alkyl halides is 3. The lowest BCUT2D eigenvalue weighted by atomic mass is 10.1. The van der Waals surface area contributed by atoms with Crippen molar-refractivity contribution in [1.29, 1.82) is 0 Å². The summed E-state index contributed by atoms with van der Waals surface area (Å²) in [6.45, 7) is 4.74. The van der Waals surface area contributed by atoms with Crippen LogP contribution in [0, 0.1) is 5.92 Å². The summed E-state index contributed by atoms with van der Waals surface area (Å²) in [5, 5.41) is -0.168. The summed E-state index contributed by atoms with van der Waals surface area (Å²) < 4.78 is 38.5. The molecular formula is C14H19ClF3N3. The number of halogens is 4. The Bertz CT molecular complexity index is 485. The number of rotatable bonds is 4. The van der Waals surface area contributed by atoms with Crippen molar-refractivity contribution in [2.45, 2.75) is 51.7 Å². The van der Waals surface area contributed by atoms with Crippen LogP contribution in [0.5, 0.6) is 0 Å². The molecule has 0 spiro atoms. The van der Waals surface area contributed by atoms with Gasteiger partial charge in [0.1, 0.15) is 11.0 Å². The van der Waals surface area contributed by atoms with Gasteiger partial charge in [-0.05, 0) is 18.8 Å². The molecule has 0 amide bonds. The molecule has 2 rings (SSSR count). The van der Waals surface area contributed by atoms with E-state index in [1.165, 1.54) is 6.07 Å². The van der Waals surface area contributed by atoms with Crippen molar-refractivity contribution >= 4 is 17.4 Å². The third-order valence-corrected chi connectivity index (χ3v) is 3.75. The van der Waals surface area contributed by atoms with Crippen molar-refractivity contribution in [3.8, 4) is 0 Å². The van der Waals surface area contributed by atoms with Crippen LogP contribution in [0.4, 0.5) is 19.0 Å². The van der Waals surface area contributed by atoms with E-state index in [-0.39, 0.29) is 17.0 Å². The zero-order chi connectivity index (χ0) is 15.6. The molecule has 1 aromatic heterocycles. The zero-order valence-electron chi connectivity index (χ0n) is 12.1. The zero-order valence-corrected chi connectivity index (χ0v) is 12.9. The number of hydrogen-bond acceptors (Lipinski definition) is 3. The average molecular weight is 322 g/mol. The standard InChI is InChI=1S/C14H19ClF3N3/c1-9(2)8-21(10-5-3-4-6-10)12-7-11(15)19-13(20-12)14(16,17)18/h7,9-10H,3-6,8H2,1-2H3. The SMILES string of the molecule is CC(C)CN(c1cc(Cl)nc(C(F)(F)F)n1)C1CCCC1. The lowest BCUT2D eigenvalue weighted by Gasteiger charge is -2.32. The van der Waals surface area contributed by atoms with Gasteiger partial charge in [-0.25, -0.2) is 9.97 Å². The van der Waals surface area contributed by atoms with Crippen LogP contribution in [0.2, 0.25) is 5.15 Å². The topological polar surface area (TPSA) is 29.0 Å². The van der Waals surface area contributed by atoms with Gasteiger partial charge >= 0.3 is 6.18 Å². The van der Waals surface area contributed by atoms with Gasteiger partial charge in [-0.15, -0.1) is 0 Å². The molecule has 0 radical (unpaired) electrons. The van der Waals surface area contributed by atoms with Gasteiger partial charge in [-0.2, -0.15) is 13.2 Å². The van der Waals surface area contributed by atoms with Gasteiger partial charge in [0, 0.05) is 18.7 Å². The van der Waals surface area contributed by atoms with Gasteiger partial charge in [-0.1, -0.05) is 38.3 Å². The fraction of sp³-hybridized carbons (Fsp3) is 0.714. The van der Waals surface area contributed by atoms with E-state index in [0.29, 0.717) is 12.5 Å². The summed E-state index contributed by atoms with van der Waals surface area (Å²) in [4.78, 5) is 8.96. The molecule has 0 aromatic carbocycles. The summed E-state index contributed by atoms with van der Waals surface area (Å²) in [7, 11) is 0. The molecule has 0 aliphatic heterocycles. The Morgan fingerprint density at radius 2 is 1.90 bits per heavy atom. The lowest BCUT2D eigenvalue weighted by Crippen LogP contribution is -2.37. The van der Waals surface area contributed by atoms with E-state index in [9.17, 15) is 13.2 Å². The first-order chi connectivity index (χ1) is 9.77. The molecule has 1 saturated carbocycles. The summed E-state index contributed by atoms with van der Waals surface area (Å²) in [6, 6.07) is 1.66. The Kier molecular flexibility index (Phi) is 4.96. The molecule has 118 valence electrons. The summed E-state index contributed by atoms with van der Waals surface area (Å²) >= 11 is 5.77. The molecule has 1 aliphatic carbocycles. The average Bonchev–Trinajstić information content (AvgIpc) is 2.87. The fourth-order valence-corrected chi connectivity index (χ4v) is 2.90. The van der Waals surface area contributed by atoms with Crippen LogP contribution < -0.4 is 4.90 Å². The normalized spacial score (nSPS) is 16.7. The molecule has 1 heterocycles. The Morgan fingerprint density at radius 3 is 2.43 bits per heavy atom. The molecule has 1 fully saturated rings. The van der Waals surface area contributed by atoms with E-state index >= 15 is 0 Å². The van der Waals surface area contributed by atoms with Gasteiger partial charge < -0.3 is 4.90 Å². The minimum Gasteiger partial charge on any atom is -0.353 e. The van der Waals surface area contributed by atoms with E-state index in [1.807, 2.05) is 18.7 Å². The molecule has 0 atom stereocenters. The Balaban J connectivity index is 2.36. The predicted octanol–water partition coefficient (Wildman–Crippen LogP) is 4.55.